The van der Waals surface area contributed by atoms with Gasteiger partial charge in [0.15, 0.2) is 0 Å². The van der Waals surface area contributed by atoms with Gasteiger partial charge in [0.1, 0.15) is 5.69 Å². The fourth-order valence-corrected chi connectivity index (χ4v) is 2.63. The summed E-state index contributed by atoms with van der Waals surface area (Å²) in [6.07, 6.45) is 4.54. The lowest BCUT2D eigenvalue weighted by Crippen LogP contribution is -2.33. The van der Waals surface area contributed by atoms with E-state index in [0.717, 1.165) is 29.3 Å². The van der Waals surface area contributed by atoms with Crippen molar-refractivity contribution < 1.29 is 4.79 Å². The van der Waals surface area contributed by atoms with E-state index < -0.39 is 5.56 Å². The summed E-state index contributed by atoms with van der Waals surface area (Å²) in [4.78, 5) is 23.5. The minimum atomic E-state index is -0.400. The van der Waals surface area contributed by atoms with Crippen LogP contribution in [-0.4, -0.2) is 33.1 Å². The van der Waals surface area contributed by atoms with Crippen LogP contribution in [0.1, 0.15) is 45.2 Å². The Hall–Kier alpha value is -1.57. The molecule has 0 saturated carbocycles. The van der Waals surface area contributed by atoms with E-state index in [1.54, 1.807) is 6.92 Å². The highest BCUT2D eigenvalue weighted by atomic mass is 32.2. The van der Waals surface area contributed by atoms with Gasteiger partial charge in [-0.05, 0) is 19.3 Å². The van der Waals surface area contributed by atoms with E-state index in [9.17, 15) is 9.59 Å². The van der Waals surface area contributed by atoms with Crippen LogP contribution >= 0.6 is 11.8 Å². The van der Waals surface area contributed by atoms with E-state index >= 15 is 0 Å². The van der Waals surface area contributed by atoms with Crippen LogP contribution in [0.3, 0.4) is 0 Å². The van der Waals surface area contributed by atoms with Crippen LogP contribution in [0.2, 0.25) is 0 Å². The molecule has 0 aliphatic heterocycles. The number of thioether (sulfide) groups is 1. The molecule has 1 aromatic heterocycles. The molecule has 0 spiro atoms. The third-order valence-electron chi connectivity index (χ3n) is 3.48. The number of unbranched alkanes of at least 4 members (excludes halogenated alkanes) is 1. The van der Waals surface area contributed by atoms with Crippen LogP contribution in [-0.2, 0) is 4.79 Å². The van der Waals surface area contributed by atoms with Crippen molar-refractivity contribution in [3.05, 3.63) is 16.0 Å². The Morgan fingerprint density at radius 2 is 2.14 bits per heavy atom. The Bertz CT molecular complexity index is 547. The number of nitrogens with two attached hydrogens (primary N) is 1. The SMILES string of the molecule is CCCC[C@@H](CC)CNC(=O)CSc1nnc(C)c(=O)n1N. The summed E-state index contributed by atoms with van der Waals surface area (Å²) < 4.78 is 0.927. The summed E-state index contributed by atoms with van der Waals surface area (Å²) in [6, 6.07) is 0. The maximum atomic E-state index is 11.9. The van der Waals surface area contributed by atoms with Crippen LogP contribution in [0.4, 0.5) is 0 Å². The van der Waals surface area contributed by atoms with E-state index in [0.29, 0.717) is 12.5 Å². The van der Waals surface area contributed by atoms with Crippen LogP contribution in [0.5, 0.6) is 0 Å². The summed E-state index contributed by atoms with van der Waals surface area (Å²) in [5, 5.41) is 10.7. The number of amides is 1. The van der Waals surface area contributed by atoms with E-state index in [1.165, 1.54) is 12.8 Å². The van der Waals surface area contributed by atoms with E-state index in [1.807, 2.05) is 0 Å². The normalized spacial score (nSPS) is 12.1. The van der Waals surface area contributed by atoms with Crippen LogP contribution < -0.4 is 16.7 Å². The van der Waals surface area contributed by atoms with Crippen molar-refractivity contribution in [2.45, 2.75) is 51.6 Å². The molecule has 8 heteroatoms. The number of nitrogen functional groups attached to an aromatic ring is 1. The van der Waals surface area contributed by atoms with Gasteiger partial charge in [-0.25, -0.2) is 0 Å². The molecule has 1 heterocycles. The molecule has 0 aromatic carbocycles. The van der Waals surface area contributed by atoms with Gasteiger partial charge in [-0.3, -0.25) is 9.59 Å². The maximum absolute atomic E-state index is 11.9. The molecule has 1 aromatic rings. The van der Waals surface area contributed by atoms with Crippen molar-refractivity contribution in [2.75, 3.05) is 18.1 Å². The van der Waals surface area contributed by atoms with Crippen LogP contribution in [0.15, 0.2) is 9.95 Å². The Kier molecular flexibility index (Phi) is 7.94. The van der Waals surface area contributed by atoms with Gasteiger partial charge in [0.2, 0.25) is 11.1 Å². The quantitative estimate of drug-likeness (QED) is 0.520. The summed E-state index contributed by atoms with van der Waals surface area (Å²) >= 11 is 1.11. The number of hydrogen-bond acceptors (Lipinski definition) is 6. The van der Waals surface area contributed by atoms with Gasteiger partial charge in [-0.2, -0.15) is 4.68 Å². The fraction of sp³-hybridized carbons (Fsp3) is 0.714. The minimum absolute atomic E-state index is 0.0882. The molecule has 22 heavy (non-hydrogen) atoms. The third-order valence-corrected chi connectivity index (χ3v) is 4.43. The van der Waals surface area contributed by atoms with Gasteiger partial charge in [0.05, 0.1) is 5.75 Å². The van der Waals surface area contributed by atoms with Crippen molar-refractivity contribution in [2.24, 2.45) is 5.92 Å². The van der Waals surface area contributed by atoms with E-state index in [4.69, 9.17) is 5.84 Å². The number of rotatable bonds is 9. The number of hydrogen-bond donors (Lipinski definition) is 2. The van der Waals surface area contributed by atoms with Crippen LogP contribution in [0.25, 0.3) is 0 Å². The second-order valence-electron chi connectivity index (χ2n) is 5.25. The molecule has 0 aliphatic carbocycles. The van der Waals surface area contributed by atoms with Gasteiger partial charge >= 0.3 is 0 Å². The molecule has 1 amide bonds. The number of carbonyl (C=O) groups excluding carboxylic acids is 1. The van der Waals surface area contributed by atoms with Gasteiger partial charge in [-0.1, -0.05) is 44.9 Å². The molecule has 0 unspecified atom stereocenters. The molecule has 0 aliphatic rings. The molecule has 0 bridgehead atoms. The minimum Gasteiger partial charge on any atom is -0.355 e. The zero-order valence-corrected chi connectivity index (χ0v) is 14.3. The first-order valence-electron chi connectivity index (χ1n) is 7.60. The van der Waals surface area contributed by atoms with E-state index in [-0.39, 0.29) is 22.5 Å². The van der Waals surface area contributed by atoms with E-state index in [2.05, 4.69) is 29.4 Å². The van der Waals surface area contributed by atoms with Crippen molar-refractivity contribution in [1.29, 1.82) is 0 Å². The molecule has 0 saturated heterocycles. The lowest BCUT2D eigenvalue weighted by Gasteiger charge is -2.15. The molecular weight excluding hydrogens is 302 g/mol. The van der Waals surface area contributed by atoms with Crippen molar-refractivity contribution in [3.8, 4) is 0 Å². The first-order valence-corrected chi connectivity index (χ1v) is 8.59. The lowest BCUT2D eigenvalue weighted by atomic mass is 9.99. The third kappa shape index (κ3) is 5.67. The highest BCUT2D eigenvalue weighted by molar-refractivity contribution is 7.99. The largest absolute Gasteiger partial charge is 0.355 e. The van der Waals surface area contributed by atoms with Gasteiger partial charge in [0.25, 0.3) is 5.56 Å². The average molecular weight is 327 g/mol. The Morgan fingerprint density at radius 1 is 1.41 bits per heavy atom. The molecule has 7 nitrogen and oxygen atoms in total. The second kappa shape index (κ2) is 9.45. The van der Waals surface area contributed by atoms with Crippen LogP contribution in [0, 0.1) is 12.8 Å². The summed E-state index contributed by atoms with van der Waals surface area (Å²) in [5.41, 5.74) is -0.165. The zero-order chi connectivity index (χ0) is 16.5. The number of aromatic nitrogens is 3. The van der Waals surface area contributed by atoms with Crippen molar-refractivity contribution >= 4 is 17.7 Å². The Morgan fingerprint density at radius 3 is 2.77 bits per heavy atom. The lowest BCUT2D eigenvalue weighted by molar-refractivity contribution is -0.118. The summed E-state index contributed by atoms with van der Waals surface area (Å²) in [5.74, 6) is 6.21. The standard InChI is InChI=1S/C14H25N5O2S/c1-4-6-7-11(5-2)8-16-12(20)9-22-14-18-17-10(3)13(21)19(14)15/h11H,4-9,15H2,1-3H3,(H,16,20)/t11-/m1/s1. The second-order valence-corrected chi connectivity index (χ2v) is 6.19. The zero-order valence-electron chi connectivity index (χ0n) is 13.5. The van der Waals surface area contributed by atoms with Gasteiger partial charge in [-0.15, -0.1) is 10.2 Å². The highest BCUT2D eigenvalue weighted by Gasteiger charge is 2.12. The molecule has 0 radical (unpaired) electrons. The summed E-state index contributed by atoms with van der Waals surface area (Å²) in [7, 11) is 0. The number of aryl methyl sites for hydroxylation is 1. The number of nitrogens with one attached hydrogen (secondary N) is 1. The molecule has 0 fully saturated rings. The molecular formula is C14H25N5O2S. The number of nitrogens with zero attached hydrogens (tertiary/aromatic N) is 3. The summed E-state index contributed by atoms with van der Waals surface area (Å²) in [6.45, 7) is 6.53. The van der Waals surface area contributed by atoms with Gasteiger partial charge < -0.3 is 11.2 Å². The fourth-order valence-electron chi connectivity index (χ4n) is 1.95. The first-order chi connectivity index (χ1) is 10.5. The topological polar surface area (TPSA) is 103 Å². The predicted molar refractivity (Wildman–Crippen MR) is 88.2 cm³/mol. The van der Waals surface area contributed by atoms with Gasteiger partial charge in [0, 0.05) is 6.54 Å². The Labute approximate surface area is 135 Å². The van der Waals surface area contributed by atoms with Crippen molar-refractivity contribution in [1.82, 2.24) is 20.2 Å². The molecule has 1 atom stereocenters. The molecule has 3 N–H and O–H groups in total. The maximum Gasteiger partial charge on any atom is 0.294 e. The molecule has 1 rings (SSSR count). The predicted octanol–water partition coefficient (Wildman–Crippen LogP) is 1.09. The number of carbonyl (C=O) groups is 1. The first kappa shape index (κ1) is 18.5. The monoisotopic (exact) mass is 327 g/mol. The smallest absolute Gasteiger partial charge is 0.294 e. The Balaban J connectivity index is 2.43. The average Bonchev–Trinajstić information content (AvgIpc) is 2.52. The van der Waals surface area contributed by atoms with Crippen molar-refractivity contribution in [3.63, 3.8) is 0 Å². The highest BCUT2D eigenvalue weighted by Crippen LogP contribution is 2.13. The molecule has 124 valence electrons.